The summed E-state index contributed by atoms with van der Waals surface area (Å²) in [5.74, 6) is 0.916. The zero-order chi connectivity index (χ0) is 28.1. The van der Waals surface area contributed by atoms with Crippen molar-refractivity contribution in [3.63, 3.8) is 0 Å². The second kappa shape index (κ2) is 15.7. The van der Waals surface area contributed by atoms with Crippen molar-refractivity contribution in [2.24, 2.45) is 4.40 Å². The van der Waals surface area contributed by atoms with Gasteiger partial charge in [-0.2, -0.15) is 8.42 Å². The van der Waals surface area contributed by atoms with Gasteiger partial charge in [0.2, 0.25) is 0 Å². The number of nitrogens with zero attached hydrogens (tertiary/aromatic N) is 2. The highest BCUT2D eigenvalue weighted by atomic mass is 32.2. The van der Waals surface area contributed by atoms with E-state index in [1.807, 2.05) is 18.2 Å². The number of thioether (sulfide) groups is 1. The largest absolute Gasteiger partial charge is 0.493 e. The molecule has 8 nitrogen and oxygen atoms in total. The monoisotopic (exact) mass is 574 g/mol. The van der Waals surface area contributed by atoms with Gasteiger partial charge in [-0.25, -0.2) is 0 Å². The van der Waals surface area contributed by atoms with Gasteiger partial charge in [0.1, 0.15) is 0 Å². The molecule has 0 saturated carbocycles. The Labute approximate surface area is 236 Å². The zero-order valence-electron chi connectivity index (χ0n) is 22.9. The molecular weight excluding hydrogens is 536 g/mol. The van der Waals surface area contributed by atoms with Gasteiger partial charge in [-0.15, -0.1) is 4.40 Å². The minimum atomic E-state index is -3.98. The van der Waals surface area contributed by atoms with Crippen LogP contribution >= 0.6 is 11.8 Å². The Kier molecular flexibility index (Phi) is 12.4. The van der Waals surface area contributed by atoms with Crippen LogP contribution < -0.4 is 9.47 Å². The van der Waals surface area contributed by atoms with E-state index in [-0.39, 0.29) is 22.5 Å². The maximum Gasteiger partial charge on any atom is 0.284 e. The molecule has 2 aromatic rings. The van der Waals surface area contributed by atoms with Crippen LogP contribution in [-0.2, 0) is 19.6 Å². The molecule has 3 rings (SSSR count). The van der Waals surface area contributed by atoms with Crippen LogP contribution in [-0.4, -0.2) is 58.4 Å². The number of hydrogen-bond acceptors (Lipinski definition) is 7. The number of benzene rings is 2. The summed E-state index contributed by atoms with van der Waals surface area (Å²) in [5.41, 5.74) is 0.735. The molecule has 0 atom stereocenters. The van der Waals surface area contributed by atoms with Gasteiger partial charge in [0.15, 0.2) is 16.7 Å². The van der Waals surface area contributed by atoms with Crippen molar-refractivity contribution in [3.8, 4) is 11.5 Å². The van der Waals surface area contributed by atoms with E-state index in [0.717, 1.165) is 30.2 Å². The molecule has 0 bridgehead atoms. The molecule has 0 spiro atoms. The van der Waals surface area contributed by atoms with Gasteiger partial charge in [-0.3, -0.25) is 9.69 Å². The number of ether oxygens (including phenoxy) is 3. The molecular formula is C29H38N2O6S2. The van der Waals surface area contributed by atoms with Crippen LogP contribution in [0.25, 0.3) is 6.08 Å². The highest BCUT2D eigenvalue weighted by molar-refractivity contribution is 8.19. The molecule has 1 aliphatic rings. The third-order valence-electron chi connectivity index (χ3n) is 6.10. The Morgan fingerprint density at radius 2 is 1.67 bits per heavy atom. The van der Waals surface area contributed by atoms with Gasteiger partial charge in [-0.1, -0.05) is 63.3 Å². The molecule has 212 valence electrons. The first-order valence-corrected chi connectivity index (χ1v) is 15.6. The van der Waals surface area contributed by atoms with E-state index in [2.05, 4.69) is 11.3 Å². The number of hydrogen-bond donors (Lipinski definition) is 0. The Bertz CT molecular complexity index is 1250. The van der Waals surface area contributed by atoms with Crippen molar-refractivity contribution in [3.05, 3.63) is 59.0 Å². The lowest BCUT2D eigenvalue weighted by molar-refractivity contribution is -0.122. The predicted octanol–water partition coefficient (Wildman–Crippen LogP) is 6.13. The van der Waals surface area contributed by atoms with E-state index in [4.69, 9.17) is 14.2 Å². The number of unbranched alkanes of at least 4 members (excludes halogenated alkanes) is 5. The van der Waals surface area contributed by atoms with Crippen molar-refractivity contribution >= 4 is 38.9 Å². The first-order chi connectivity index (χ1) is 18.9. The number of methoxy groups -OCH3 is 2. The predicted molar refractivity (Wildman–Crippen MR) is 157 cm³/mol. The average Bonchev–Trinajstić information content (AvgIpc) is 3.22. The van der Waals surface area contributed by atoms with E-state index < -0.39 is 10.0 Å². The van der Waals surface area contributed by atoms with E-state index in [1.54, 1.807) is 38.5 Å². The van der Waals surface area contributed by atoms with Crippen LogP contribution in [0.1, 0.15) is 57.4 Å². The van der Waals surface area contributed by atoms with Crippen molar-refractivity contribution in [2.75, 3.05) is 34.0 Å². The Hall–Kier alpha value is -2.82. The average molecular weight is 575 g/mol. The van der Waals surface area contributed by atoms with Gasteiger partial charge in [-0.05, 0) is 60.5 Å². The summed E-state index contributed by atoms with van der Waals surface area (Å²) in [6, 6.07) is 13.5. The topological polar surface area (TPSA) is 94.5 Å². The molecule has 1 saturated heterocycles. The lowest BCUT2D eigenvalue weighted by Gasteiger charge is -2.15. The minimum Gasteiger partial charge on any atom is -0.493 e. The normalized spacial score (nSPS) is 15.9. The van der Waals surface area contributed by atoms with Crippen LogP contribution in [0.2, 0.25) is 0 Å². The van der Waals surface area contributed by atoms with E-state index in [1.165, 1.54) is 42.7 Å². The molecule has 0 radical (unpaired) electrons. The molecule has 39 heavy (non-hydrogen) atoms. The summed E-state index contributed by atoms with van der Waals surface area (Å²) < 4.78 is 46.5. The van der Waals surface area contributed by atoms with E-state index in [0.29, 0.717) is 36.0 Å². The summed E-state index contributed by atoms with van der Waals surface area (Å²) in [7, 11) is -0.825. The standard InChI is InChI=1S/C29H38N2O6S2/c1-4-5-6-7-8-12-20-37-25-17-16-23(21-26(25)36-3)22-27-28(32)31(18-13-19-35-2)29(38-27)30-39(33,34)24-14-10-9-11-15-24/h9-11,14-17,21-22H,4-8,12-13,18-20H2,1-3H3/b27-22-,30-29+. The molecule has 1 heterocycles. The number of amidine groups is 1. The SMILES string of the molecule is CCCCCCCCOc1ccc(/C=C2\S/C(=N/S(=O)(=O)c3ccccc3)N(CCCOC)C2=O)cc1OC. The Morgan fingerprint density at radius 3 is 2.38 bits per heavy atom. The van der Waals surface area contributed by atoms with Gasteiger partial charge in [0, 0.05) is 20.3 Å². The smallest absolute Gasteiger partial charge is 0.284 e. The van der Waals surface area contributed by atoms with Crippen LogP contribution in [0.5, 0.6) is 11.5 Å². The van der Waals surface area contributed by atoms with Crippen molar-refractivity contribution in [1.29, 1.82) is 0 Å². The molecule has 1 fully saturated rings. The molecule has 2 aromatic carbocycles. The first-order valence-electron chi connectivity index (χ1n) is 13.3. The molecule has 1 amide bonds. The summed E-state index contributed by atoms with van der Waals surface area (Å²) in [5, 5.41) is 0.122. The second-order valence-corrected chi connectivity index (χ2v) is 11.7. The molecule has 0 N–H and O–H groups in total. The molecule has 10 heteroatoms. The maximum absolute atomic E-state index is 13.3. The molecule has 0 aromatic heterocycles. The highest BCUT2D eigenvalue weighted by Gasteiger charge is 2.34. The number of rotatable bonds is 16. The Morgan fingerprint density at radius 1 is 0.923 bits per heavy atom. The van der Waals surface area contributed by atoms with E-state index in [9.17, 15) is 13.2 Å². The fourth-order valence-corrected chi connectivity index (χ4v) is 6.23. The van der Waals surface area contributed by atoms with Crippen molar-refractivity contribution in [1.82, 2.24) is 4.90 Å². The summed E-state index contributed by atoms with van der Waals surface area (Å²) in [4.78, 5) is 15.1. The zero-order valence-corrected chi connectivity index (χ0v) is 24.6. The summed E-state index contributed by atoms with van der Waals surface area (Å²) >= 11 is 1.04. The summed E-state index contributed by atoms with van der Waals surface area (Å²) in [6.07, 6.45) is 9.35. The van der Waals surface area contributed by atoms with Crippen LogP contribution in [0.3, 0.4) is 0 Å². The fraction of sp³-hybridized carbons (Fsp3) is 0.448. The van der Waals surface area contributed by atoms with Crippen LogP contribution in [0.4, 0.5) is 0 Å². The first kappa shape index (κ1) is 30.7. The van der Waals surface area contributed by atoms with Crippen LogP contribution in [0, 0.1) is 0 Å². The van der Waals surface area contributed by atoms with Gasteiger partial charge in [0.05, 0.1) is 23.5 Å². The van der Waals surface area contributed by atoms with Crippen LogP contribution in [0.15, 0.2) is 62.7 Å². The molecule has 1 aliphatic heterocycles. The number of carbonyl (C=O) groups is 1. The maximum atomic E-state index is 13.3. The third kappa shape index (κ3) is 9.12. The minimum absolute atomic E-state index is 0.0705. The fourth-order valence-electron chi connectivity index (χ4n) is 4.00. The van der Waals surface area contributed by atoms with Gasteiger partial charge < -0.3 is 14.2 Å². The van der Waals surface area contributed by atoms with Crippen molar-refractivity contribution < 1.29 is 27.4 Å². The molecule has 0 aliphatic carbocycles. The van der Waals surface area contributed by atoms with Crippen molar-refractivity contribution in [2.45, 2.75) is 56.8 Å². The Balaban J connectivity index is 1.77. The van der Waals surface area contributed by atoms with E-state index >= 15 is 0 Å². The lowest BCUT2D eigenvalue weighted by Crippen LogP contribution is -2.31. The quantitative estimate of drug-likeness (QED) is 0.176. The molecule has 0 unspecified atom stereocenters. The highest BCUT2D eigenvalue weighted by Crippen LogP contribution is 2.36. The number of amides is 1. The third-order valence-corrected chi connectivity index (χ3v) is 8.50. The second-order valence-electron chi connectivity index (χ2n) is 9.10. The summed E-state index contributed by atoms with van der Waals surface area (Å²) in [6.45, 7) is 3.54. The lowest BCUT2D eigenvalue weighted by atomic mass is 10.1. The number of sulfonamides is 1. The van der Waals surface area contributed by atoms with Gasteiger partial charge in [0.25, 0.3) is 15.9 Å². The van der Waals surface area contributed by atoms with Gasteiger partial charge >= 0.3 is 0 Å². The number of carbonyl (C=O) groups excluding carboxylic acids is 1.